The summed E-state index contributed by atoms with van der Waals surface area (Å²) in [7, 11) is 0. The Morgan fingerprint density at radius 2 is 2.11 bits per heavy atom. The molecule has 1 heterocycles. The van der Waals surface area contributed by atoms with Crippen molar-refractivity contribution in [3.05, 3.63) is 0 Å². The van der Waals surface area contributed by atoms with Gasteiger partial charge in [0.05, 0.1) is 25.7 Å². The number of nitrogens with zero attached hydrogens (tertiary/aromatic N) is 1. The maximum absolute atomic E-state index is 11.8. The van der Waals surface area contributed by atoms with E-state index in [1.165, 1.54) is 12.8 Å². The topological polar surface area (TPSA) is 38.8 Å². The van der Waals surface area contributed by atoms with Gasteiger partial charge in [0.15, 0.2) is 0 Å². The van der Waals surface area contributed by atoms with Gasteiger partial charge in [0, 0.05) is 19.6 Å². The van der Waals surface area contributed by atoms with Crippen LogP contribution in [0.4, 0.5) is 0 Å². The van der Waals surface area contributed by atoms with Crippen LogP contribution >= 0.6 is 0 Å². The van der Waals surface area contributed by atoms with Gasteiger partial charge in [0.1, 0.15) is 0 Å². The van der Waals surface area contributed by atoms with E-state index in [1.807, 2.05) is 6.92 Å². The highest BCUT2D eigenvalue weighted by Gasteiger charge is 2.29. The highest BCUT2D eigenvalue weighted by atomic mass is 16.5. The molecule has 1 aliphatic carbocycles. The second-order valence-corrected chi connectivity index (χ2v) is 5.39. The van der Waals surface area contributed by atoms with Crippen molar-refractivity contribution < 1.29 is 14.3 Å². The van der Waals surface area contributed by atoms with Crippen molar-refractivity contribution in [2.75, 3.05) is 39.5 Å². The summed E-state index contributed by atoms with van der Waals surface area (Å²) in [5.74, 6) is 0.820. The van der Waals surface area contributed by atoms with Gasteiger partial charge in [-0.05, 0) is 32.1 Å². The fourth-order valence-electron chi connectivity index (χ4n) is 3.08. The van der Waals surface area contributed by atoms with Crippen LogP contribution < -0.4 is 0 Å². The second-order valence-electron chi connectivity index (χ2n) is 5.39. The average molecular weight is 255 g/mol. The first kappa shape index (κ1) is 13.8. The normalized spacial score (nSPS) is 30.1. The van der Waals surface area contributed by atoms with Crippen molar-refractivity contribution in [1.82, 2.24) is 4.90 Å². The van der Waals surface area contributed by atoms with E-state index >= 15 is 0 Å². The molecule has 4 nitrogen and oxygen atoms in total. The smallest absolute Gasteiger partial charge is 0.308 e. The molecule has 0 amide bonds. The van der Waals surface area contributed by atoms with Gasteiger partial charge in [0.2, 0.25) is 0 Å². The van der Waals surface area contributed by atoms with Crippen LogP contribution in [0.15, 0.2) is 0 Å². The Morgan fingerprint density at radius 1 is 1.33 bits per heavy atom. The van der Waals surface area contributed by atoms with Crippen LogP contribution in [0.3, 0.4) is 0 Å². The van der Waals surface area contributed by atoms with Crippen LogP contribution in [0.25, 0.3) is 0 Å². The zero-order valence-electron chi connectivity index (χ0n) is 11.4. The van der Waals surface area contributed by atoms with Crippen LogP contribution in [0, 0.1) is 11.8 Å². The fourth-order valence-corrected chi connectivity index (χ4v) is 3.08. The van der Waals surface area contributed by atoms with E-state index in [4.69, 9.17) is 9.47 Å². The molecule has 2 atom stereocenters. The Bertz CT molecular complexity index is 264. The zero-order valence-corrected chi connectivity index (χ0v) is 11.4. The van der Waals surface area contributed by atoms with Crippen molar-refractivity contribution in [2.45, 2.75) is 32.6 Å². The van der Waals surface area contributed by atoms with Gasteiger partial charge >= 0.3 is 5.97 Å². The van der Waals surface area contributed by atoms with Crippen LogP contribution in [0.1, 0.15) is 32.6 Å². The molecular formula is C14H25NO3. The number of hydrogen-bond donors (Lipinski definition) is 0. The second kappa shape index (κ2) is 7.10. The highest BCUT2D eigenvalue weighted by molar-refractivity contribution is 5.72. The maximum atomic E-state index is 11.8. The minimum absolute atomic E-state index is 0.0178. The minimum Gasteiger partial charge on any atom is -0.466 e. The third-order valence-corrected chi connectivity index (χ3v) is 4.02. The summed E-state index contributed by atoms with van der Waals surface area (Å²) in [6.07, 6.45) is 4.44. The molecule has 0 bridgehead atoms. The summed E-state index contributed by atoms with van der Waals surface area (Å²) in [5.41, 5.74) is 0. The molecule has 18 heavy (non-hydrogen) atoms. The van der Waals surface area contributed by atoms with Gasteiger partial charge in [0.25, 0.3) is 0 Å². The summed E-state index contributed by atoms with van der Waals surface area (Å²) in [5, 5.41) is 0. The Labute approximate surface area is 110 Å². The van der Waals surface area contributed by atoms with Crippen molar-refractivity contribution >= 4 is 5.97 Å². The summed E-state index contributed by atoms with van der Waals surface area (Å²) < 4.78 is 10.5. The van der Waals surface area contributed by atoms with Gasteiger partial charge in [-0.2, -0.15) is 0 Å². The van der Waals surface area contributed by atoms with E-state index in [0.717, 1.165) is 45.7 Å². The molecule has 0 radical (unpaired) electrons. The molecule has 2 unspecified atom stereocenters. The number of hydrogen-bond acceptors (Lipinski definition) is 4. The molecule has 2 aliphatic rings. The summed E-state index contributed by atoms with van der Waals surface area (Å²) in [6.45, 7) is 7.30. The lowest BCUT2D eigenvalue weighted by Gasteiger charge is -2.34. The Hall–Kier alpha value is -0.610. The molecule has 104 valence electrons. The lowest BCUT2D eigenvalue weighted by molar-refractivity contribution is -0.149. The van der Waals surface area contributed by atoms with Crippen molar-refractivity contribution in [3.63, 3.8) is 0 Å². The van der Waals surface area contributed by atoms with Crippen molar-refractivity contribution in [2.24, 2.45) is 11.8 Å². The van der Waals surface area contributed by atoms with Crippen LogP contribution in [0.2, 0.25) is 0 Å². The van der Waals surface area contributed by atoms with Crippen LogP contribution in [0.5, 0.6) is 0 Å². The highest BCUT2D eigenvalue weighted by Crippen LogP contribution is 2.30. The molecule has 1 aliphatic heterocycles. The predicted octanol–water partition coefficient (Wildman–Crippen LogP) is 1.69. The van der Waals surface area contributed by atoms with Gasteiger partial charge < -0.3 is 9.47 Å². The molecule has 0 aromatic heterocycles. The Morgan fingerprint density at radius 3 is 2.83 bits per heavy atom. The lowest BCUT2D eigenvalue weighted by atomic mass is 9.81. The molecule has 2 fully saturated rings. The lowest BCUT2D eigenvalue weighted by Crippen LogP contribution is -2.40. The molecule has 0 aromatic carbocycles. The Balaban J connectivity index is 1.77. The van der Waals surface area contributed by atoms with Gasteiger partial charge in [-0.15, -0.1) is 0 Å². The van der Waals surface area contributed by atoms with E-state index in [-0.39, 0.29) is 11.9 Å². The molecule has 4 heteroatoms. The molecule has 0 aromatic rings. The standard InChI is InChI=1S/C14H25NO3/c1-2-18-14(16)13-5-3-4-12(10-13)11-15-6-8-17-9-7-15/h12-13H,2-11H2,1H3. The van der Waals surface area contributed by atoms with Gasteiger partial charge in [-0.3, -0.25) is 9.69 Å². The Kier molecular flexibility index (Phi) is 5.45. The first-order valence-electron chi connectivity index (χ1n) is 7.26. The van der Waals surface area contributed by atoms with Crippen LogP contribution in [-0.2, 0) is 14.3 Å². The van der Waals surface area contributed by atoms with E-state index in [0.29, 0.717) is 12.5 Å². The van der Waals surface area contributed by atoms with Gasteiger partial charge in [-0.25, -0.2) is 0 Å². The first-order valence-corrected chi connectivity index (χ1v) is 7.26. The third-order valence-electron chi connectivity index (χ3n) is 4.02. The number of ether oxygens (including phenoxy) is 2. The molecule has 0 N–H and O–H groups in total. The van der Waals surface area contributed by atoms with Crippen molar-refractivity contribution in [1.29, 1.82) is 0 Å². The molecule has 1 saturated heterocycles. The predicted molar refractivity (Wildman–Crippen MR) is 69.3 cm³/mol. The van der Waals surface area contributed by atoms with Crippen molar-refractivity contribution in [3.8, 4) is 0 Å². The number of morpholine rings is 1. The monoisotopic (exact) mass is 255 g/mol. The summed E-state index contributed by atoms with van der Waals surface area (Å²) in [4.78, 5) is 14.3. The molecule has 1 saturated carbocycles. The van der Waals surface area contributed by atoms with E-state index < -0.39 is 0 Å². The van der Waals surface area contributed by atoms with E-state index in [1.54, 1.807) is 0 Å². The largest absolute Gasteiger partial charge is 0.466 e. The van der Waals surface area contributed by atoms with Gasteiger partial charge in [-0.1, -0.05) is 6.42 Å². The summed E-state index contributed by atoms with van der Waals surface area (Å²) in [6, 6.07) is 0. The first-order chi connectivity index (χ1) is 8.79. The number of carbonyl (C=O) groups is 1. The molecular weight excluding hydrogens is 230 g/mol. The zero-order chi connectivity index (χ0) is 12.8. The maximum Gasteiger partial charge on any atom is 0.308 e. The average Bonchev–Trinajstić information content (AvgIpc) is 2.40. The fraction of sp³-hybridized carbons (Fsp3) is 0.929. The SMILES string of the molecule is CCOC(=O)C1CCCC(CN2CCOCC2)C1. The molecule has 0 spiro atoms. The van der Waals surface area contributed by atoms with E-state index in [9.17, 15) is 4.79 Å². The number of carbonyl (C=O) groups excluding carboxylic acids is 1. The third kappa shape index (κ3) is 3.95. The molecule has 2 rings (SSSR count). The number of esters is 1. The summed E-state index contributed by atoms with van der Waals surface area (Å²) >= 11 is 0. The number of rotatable bonds is 4. The minimum atomic E-state index is 0.0178. The van der Waals surface area contributed by atoms with Crippen LogP contribution in [-0.4, -0.2) is 50.3 Å². The van der Waals surface area contributed by atoms with E-state index in [2.05, 4.69) is 4.90 Å². The quantitative estimate of drug-likeness (QED) is 0.717.